The number of aromatic nitrogens is 1. The molecule has 0 spiro atoms. The van der Waals surface area contributed by atoms with Crippen molar-refractivity contribution in [1.82, 2.24) is 0 Å². The third-order valence-electron chi connectivity index (χ3n) is 2.49. The zero-order valence-electron chi connectivity index (χ0n) is 8.10. The monoisotopic (exact) mass is 196 g/mol. The third-order valence-corrected chi connectivity index (χ3v) is 2.49. The number of H-pyrrole nitrogens is 1. The van der Waals surface area contributed by atoms with E-state index in [-0.39, 0.29) is 0 Å². The Kier molecular flexibility index (Phi) is 1.78. The van der Waals surface area contributed by atoms with Crippen molar-refractivity contribution in [2.24, 2.45) is 0 Å². The minimum absolute atomic E-state index is 0.884. The normalized spacial score (nSPS) is 10.7. The summed E-state index contributed by atoms with van der Waals surface area (Å²) in [4.78, 5) is 3.06. The molecule has 3 aromatic rings. The second-order valence-electron chi connectivity index (χ2n) is 3.46. The van der Waals surface area contributed by atoms with Crippen molar-refractivity contribution in [2.45, 2.75) is 0 Å². The SMILES string of the molecule is c1ccc(-c2ccc3oc[nH+]c3c2)cc1. The van der Waals surface area contributed by atoms with Crippen molar-refractivity contribution >= 4 is 11.1 Å². The molecule has 0 saturated carbocycles. The van der Waals surface area contributed by atoms with E-state index in [1.807, 2.05) is 24.3 Å². The average molecular weight is 196 g/mol. The summed E-state index contributed by atoms with van der Waals surface area (Å²) in [6, 6.07) is 16.4. The summed E-state index contributed by atoms with van der Waals surface area (Å²) in [5.74, 6) is 0. The van der Waals surface area contributed by atoms with Crippen LogP contribution in [-0.4, -0.2) is 0 Å². The fourth-order valence-corrected chi connectivity index (χ4v) is 1.71. The molecule has 15 heavy (non-hydrogen) atoms. The molecule has 1 N–H and O–H groups in total. The predicted molar refractivity (Wildman–Crippen MR) is 58.2 cm³/mol. The van der Waals surface area contributed by atoms with Gasteiger partial charge in [-0.05, 0) is 17.2 Å². The standard InChI is InChI=1S/C13H9NO/c1-2-4-10(5-3-1)11-6-7-13-12(8-11)14-9-15-13/h1-9H/p+1. The Morgan fingerprint density at radius 3 is 2.60 bits per heavy atom. The number of hydrogen-bond acceptors (Lipinski definition) is 1. The maximum Gasteiger partial charge on any atom is 0.333 e. The highest BCUT2D eigenvalue weighted by atomic mass is 16.3. The Morgan fingerprint density at radius 1 is 0.867 bits per heavy atom. The summed E-state index contributed by atoms with van der Waals surface area (Å²) in [6.45, 7) is 0. The molecule has 1 aromatic heterocycles. The van der Waals surface area contributed by atoms with E-state index < -0.39 is 0 Å². The molecule has 3 rings (SSSR count). The fraction of sp³-hybridized carbons (Fsp3) is 0. The Bertz CT molecular complexity index is 584. The molecule has 0 amide bonds. The molecule has 0 aliphatic heterocycles. The summed E-state index contributed by atoms with van der Waals surface area (Å²) >= 11 is 0. The van der Waals surface area contributed by atoms with Gasteiger partial charge in [0.25, 0.3) is 0 Å². The van der Waals surface area contributed by atoms with Gasteiger partial charge >= 0.3 is 6.39 Å². The summed E-state index contributed by atoms with van der Waals surface area (Å²) in [5.41, 5.74) is 4.32. The minimum Gasteiger partial charge on any atom is -0.404 e. The Balaban J connectivity index is 2.19. The molecule has 0 unspecified atom stereocenters. The summed E-state index contributed by atoms with van der Waals surface area (Å²) in [7, 11) is 0. The van der Waals surface area contributed by atoms with Gasteiger partial charge in [0, 0.05) is 6.07 Å². The highest BCUT2D eigenvalue weighted by molar-refractivity contribution is 5.77. The van der Waals surface area contributed by atoms with Crippen LogP contribution in [0.5, 0.6) is 0 Å². The van der Waals surface area contributed by atoms with Gasteiger partial charge in [-0.2, -0.15) is 4.98 Å². The van der Waals surface area contributed by atoms with E-state index in [2.05, 4.69) is 29.2 Å². The second-order valence-corrected chi connectivity index (χ2v) is 3.46. The van der Waals surface area contributed by atoms with Crippen LogP contribution in [0.1, 0.15) is 0 Å². The molecule has 1 heterocycles. The van der Waals surface area contributed by atoms with Gasteiger partial charge in [0.1, 0.15) is 0 Å². The Morgan fingerprint density at radius 2 is 1.73 bits per heavy atom. The average Bonchev–Trinajstić information content (AvgIpc) is 2.77. The topological polar surface area (TPSA) is 27.3 Å². The van der Waals surface area contributed by atoms with Gasteiger partial charge in [-0.1, -0.05) is 36.4 Å². The largest absolute Gasteiger partial charge is 0.404 e. The lowest BCUT2D eigenvalue weighted by Crippen LogP contribution is -1.93. The van der Waals surface area contributed by atoms with Crippen molar-refractivity contribution in [3.05, 3.63) is 54.9 Å². The van der Waals surface area contributed by atoms with E-state index >= 15 is 0 Å². The third kappa shape index (κ3) is 1.40. The van der Waals surface area contributed by atoms with Crippen LogP contribution in [-0.2, 0) is 0 Å². The molecule has 0 radical (unpaired) electrons. The van der Waals surface area contributed by atoms with E-state index in [9.17, 15) is 0 Å². The molecular weight excluding hydrogens is 186 g/mol. The van der Waals surface area contributed by atoms with Crippen LogP contribution in [0.15, 0.2) is 59.3 Å². The van der Waals surface area contributed by atoms with Gasteiger partial charge in [0.2, 0.25) is 11.1 Å². The number of rotatable bonds is 1. The van der Waals surface area contributed by atoms with Gasteiger partial charge in [-0.15, -0.1) is 0 Å². The van der Waals surface area contributed by atoms with E-state index in [0.717, 1.165) is 11.1 Å². The van der Waals surface area contributed by atoms with E-state index in [4.69, 9.17) is 4.42 Å². The number of oxazole rings is 1. The van der Waals surface area contributed by atoms with Crippen molar-refractivity contribution in [2.75, 3.05) is 0 Å². The van der Waals surface area contributed by atoms with Gasteiger partial charge < -0.3 is 4.42 Å². The van der Waals surface area contributed by atoms with Gasteiger partial charge in [-0.3, -0.25) is 0 Å². The maximum atomic E-state index is 5.25. The zero-order valence-corrected chi connectivity index (χ0v) is 8.10. The summed E-state index contributed by atoms with van der Waals surface area (Å²) < 4.78 is 5.25. The highest BCUT2D eigenvalue weighted by Gasteiger charge is 2.05. The number of fused-ring (bicyclic) bond motifs is 1. The van der Waals surface area contributed by atoms with Crippen LogP contribution in [0, 0.1) is 0 Å². The smallest absolute Gasteiger partial charge is 0.333 e. The maximum absolute atomic E-state index is 5.25. The molecule has 2 aromatic carbocycles. The first-order valence-corrected chi connectivity index (χ1v) is 4.88. The van der Waals surface area contributed by atoms with Crippen molar-refractivity contribution in [1.29, 1.82) is 0 Å². The first-order chi connectivity index (χ1) is 7.43. The Labute approximate surface area is 87.2 Å². The summed E-state index contributed by atoms with van der Waals surface area (Å²) in [5, 5.41) is 0. The van der Waals surface area contributed by atoms with Crippen LogP contribution in [0.4, 0.5) is 0 Å². The van der Waals surface area contributed by atoms with Gasteiger partial charge in [0.05, 0.1) is 0 Å². The van der Waals surface area contributed by atoms with E-state index in [1.165, 1.54) is 11.1 Å². The second kappa shape index (κ2) is 3.24. The van der Waals surface area contributed by atoms with Crippen molar-refractivity contribution < 1.29 is 9.40 Å². The quantitative estimate of drug-likeness (QED) is 0.588. The van der Waals surface area contributed by atoms with Gasteiger partial charge in [0.15, 0.2) is 0 Å². The lowest BCUT2D eigenvalue weighted by atomic mass is 10.1. The van der Waals surface area contributed by atoms with Crippen molar-refractivity contribution in [3.8, 4) is 11.1 Å². The first kappa shape index (κ1) is 8.24. The van der Waals surface area contributed by atoms with Crippen LogP contribution in [0.3, 0.4) is 0 Å². The molecule has 0 fully saturated rings. The minimum atomic E-state index is 0.884. The molecule has 0 aliphatic rings. The highest BCUT2D eigenvalue weighted by Crippen LogP contribution is 2.21. The van der Waals surface area contributed by atoms with Crippen molar-refractivity contribution in [3.63, 3.8) is 0 Å². The van der Waals surface area contributed by atoms with Gasteiger partial charge in [-0.25, -0.2) is 0 Å². The van der Waals surface area contributed by atoms with E-state index in [1.54, 1.807) is 6.39 Å². The van der Waals surface area contributed by atoms with Crippen LogP contribution in [0.25, 0.3) is 22.2 Å². The number of benzene rings is 2. The lowest BCUT2D eigenvalue weighted by molar-refractivity contribution is -0.354. The molecule has 72 valence electrons. The lowest BCUT2D eigenvalue weighted by Gasteiger charge is -1.98. The molecule has 2 heteroatoms. The molecular formula is C13H10NO+. The fourth-order valence-electron chi connectivity index (χ4n) is 1.71. The van der Waals surface area contributed by atoms with E-state index in [0.29, 0.717) is 0 Å². The first-order valence-electron chi connectivity index (χ1n) is 4.88. The molecule has 0 bridgehead atoms. The molecule has 2 nitrogen and oxygen atoms in total. The van der Waals surface area contributed by atoms with Crippen LogP contribution >= 0.6 is 0 Å². The summed E-state index contributed by atoms with van der Waals surface area (Å²) in [6.07, 6.45) is 1.60. The predicted octanol–water partition coefficient (Wildman–Crippen LogP) is 2.91. The zero-order chi connectivity index (χ0) is 10.1. The van der Waals surface area contributed by atoms with Crippen LogP contribution < -0.4 is 4.98 Å². The molecule has 0 atom stereocenters. The number of aromatic amines is 1. The Hall–Kier alpha value is -2.09. The van der Waals surface area contributed by atoms with Crippen LogP contribution in [0.2, 0.25) is 0 Å². The number of hydrogen-bond donors (Lipinski definition) is 0. The molecule has 0 saturated heterocycles. The number of nitrogens with one attached hydrogen (secondary N) is 1. The molecule has 0 aliphatic carbocycles.